The minimum absolute atomic E-state index is 0.0788. The number of H-pyrrole nitrogens is 1. The summed E-state index contributed by atoms with van der Waals surface area (Å²) >= 11 is 12.2. The van der Waals surface area contributed by atoms with Gasteiger partial charge in [-0.1, -0.05) is 23.2 Å². The highest BCUT2D eigenvalue weighted by Gasteiger charge is 2.33. The highest BCUT2D eigenvalue weighted by molar-refractivity contribution is 6.32. The molecule has 0 aliphatic carbocycles. The van der Waals surface area contributed by atoms with Crippen LogP contribution in [0.4, 0.5) is 26.3 Å². The predicted molar refractivity (Wildman–Crippen MR) is 176 cm³/mol. The molecule has 0 amide bonds. The monoisotopic (exact) mass is 743 g/mol. The Morgan fingerprint density at radius 3 is 1.66 bits per heavy atom. The van der Waals surface area contributed by atoms with Crippen molar-refractivity contribution in [3.8, 4) is 45.3 Å². The first-order valence-electron chi connectivity index (χ1n) is 14.4. The fourth-order valence-corrected chi connectivity index (χ4v) is 5.03. The van der Waals surface area contributed by atoms with E-state index in [1.165, 1.54) is 56.2 Å². The van der Waals surface area contributed by atoms with Crippen LogP contribution in [0, 0.1) is 13.8 Å². The molecule has 0 bridgehead atoms. The van der Waals surface area contributed by atoms with Crippen LogP contribution in [0.3, 0.4) is 0 Å². The molecule has 0 unspecified atom stereocenters. The topological polar surface area (TPSA) is 98.6 Å². The second-order valence-electron chi connectivity index (χ2n) is 10.8. The molecule has 4 aromatic carbocycles. The van der Waals surface area contributed by atoms with E-state index in [4.69, 9.17) is 37.4 Å². The lowest BCUT2D eigenvalue weighted by Crippen LogP contribution is -2.15. The van der Waals surface area contributed by atoms with Crippen molar-refractivity contribution >= 4 is 23.2 Å². The maximum atomic E-state index is 13.2. The Labute approximate surface area is 291 Å². The number of nitrogens with one attached hydrogen (secondary N) is 1. The SMILES string of the molecule is COc1ccc(C(F)(F)F)cc1-c1cc(Cl)c(C)cc1O.COc1ccc(C(F)(F)F)cc1-c1cc(Cl)c(C)cc1OCc1n[nH]c(=O)n1C. The summed E-state index contributed by atoms with van der Waals surface area (Å²) in [6.45, 7) is 3.35. The number of benzene rings is 4. The summed E-state index contributed by atoms with van der Waals surface area (Å²) in [5.74, 6) is 0.896. The van der Waals surface area contributed by atoms with Crippen LogP contribution in [0.15, 0.2) is 65.5 Å². The van der Waals surface area contributed by atoms with Crippen molar-refractivity contribution in [2.45, 2.75) is 32.8 Å². The number of aryl methyl sites for hydroxylation is 2. The van der Waals surface area contributed by atoms with Gasteiger partial charge in [0.25, 0.3) is 0 Å². The summed E-state index contributed by atoms with van der Waals surface area (Å²) in [7, 11) is 4.23. The summed E-state index contributed by atoms with van der Waals surface area (Å²) in [5.41, 5.74) is 0.0614. The van der Waals surface area contributed by atoms with E-state index in [-0.39, 0.29) is 46.3 Å². The van der Waals surface area contributed by atoms with Crippen molar-refractivity contribution in [3.05, 3.63) is 109 Å². The number of phenols is 1. The number of methoxy groups -OCH3 is 2. The van der Waals surface area contributed by atoms with Crippen LogP contribution in [-0.2, 0) is 26.0 Å². The van der Waals surface area contributed by atoms with Crippen LogP contribution < -0.4 is 19.9 Å². The van der Waals surface area contributed by atoms with Crippen molar-refractivity contribution < 1.29 is 45.7 Å². The molecule has 0 fully saturated rings. The molecule has 1 heterocycles. The van der Waals surface area contributed by atoms with Gasteiger partial charge in [-0.15, -0.1) is 0 Å². The zero-order chi connectivity index (χ0) is 37.1. The van der Waals surface area contributed by atoms with Gasteiger partial charge in [-0.3, -0.25) is 4.57 Å². The van der Waals surface area contributed by atoms with Crippen LogP contribution in [0.25, 0.3) is 22.3 Å². The van der Waals surface area contributed by atoms with Gasteiger partial charge in [0.2, 0.25) is 0 Å². The molecule has 50 heavy (non-hydrogen) atoms. The van der Waals surface area contributed by atoms with E-state index in [0.717, 1.165) is 24.3 Å². The molecule has 1 aromatic heterocycles. The number of aromatic amines is 1. The lowest BCUT2D eigenvalue weighted by Gasteiger charge is -2.17. The van der Waals surface area contributed by atoms with Gasteiger partial charge >= 0.3 is 18.0 Å². The Hall–Kier alpha value is -4.82. The molecular weight excluding hydrogens is 715 g/mol. The smallest absolute Gasteiger partial charge is 0.416 e. The highest BCUT2D eigenvalue weighted by atomic mass is 35.5. The number of hydrogen-bond acceptors (Lipinski definition) is 6. The molecule has 266 valence electrons. The van der Waals surface area contributed by atoms with Gasteiger partial charge in [0, 0.05) is 39.3 Å². The number of aromatic nitrogens is 3. The lowest BCUT2D eigenvalue weighted by atomic mass is 9.99. The van der Waals surface area contributed by atoms with Crippen LogP contribution in [0.2, 0.25) is 10.0 Å². The molecule has 0 atom stereocenters. The maximum Gasteiger partial charge on any atom is 0.416 e. The molecule has 16 heteroatoms. The van der Waals surface area contributed by atoms with Gasteiger partial charge in [0.15, 0.2) is 5.82 Å². The summed E-state index contributed by atoms with van der Waals surface area (Å²) in [6, 6.07) is 12.2. The molecule has 0 saturated heterocycles. The third-order valence-corrected chi connectivity index (χ3v) is 8.32. The van der Waals surface area contributed by atoms with E-state index in [9.17, 15) is 36.2 Å². The van der Waals surface area contributed by atoms with Crippen LogP contribution in [0.1, 0.15) is 28.1 Å². The van der Waals surface area contributed by atoms with E-state index >= 15 is 0 Å². The van der Waals surface area contributed by atoms with Crippen molar-refractivity contribution in [3.63, 3.8) is 0 Å². The molecule has 2 N–H and O–H groups in total. The molecule has 0 radical (unpaired) electrons. The van der Waals surface area contributed by atoms with Gasteiger partial charge in [0.05, 0.1) is 25.3 Å². The number of rotatable bonds is 7. The minimum Gasteiger partial charge on any atom is -0.507 e. The van der Waals surface area contributed by atoms with Gasteiger partial charge < -0.3 is 19.3 Å². The molecule has 5 rings (SSSR count). The largest absolute Gasteiger partial charge is 0.507 e. The molecule has 8 nitrogen and oxygen atoms in total. The molecule has 0 aliphatic heterocycles. The normalized spacial score (nSPS) is 11.5. The minimum atomic E-state index is -4.52. The zero-order valence-electron chi connectivity index (χ0n) is 27.0. The summed E-state index contributed by atoms with van der Waals surface area (Å²) in [5, 5.41) is 16.8. The van der Waals surface area contributed by atoms with Gasteiger partial charge in [0.1, 0.15) is 29.6 Å². The Balaban J connectivity index is 0.000000237. The second kappa shape index (κ2) is 15.0. The van der Waals surface area contributed by atoms with Crippen molar-refractivity contribution in [1.82, 2.24) is 14.8 Å². The molecule has 0 saturated carbocycles. The van der Waals surface area contributed by atoms with Gasteiger partial charge in [-0.25, -0.2) is 9.89 Å². The van der Waals surface area contributed by atoms with E-state index in [0.29, 0.717) is 32.6 Å². The quantitative estimate of drug-likeness (QED) is 0.161. The van der Waals surface area contributed by atoms with Crippen LogP contribution in [-0.4, -0.2) is 34.1 Å². The fraction of sp³-hybridized carbons (Fsp3) is 0.235. The third-order valence-electron chi connectivity index (χ3n) is 7.50. The molecular formula is C34H29Cl2F6N3O5. The predicted octanol–water partition coefficient (Wildman–Crippen LogP) is 9.39. The van der Waals surface area contributed by atoms with E-state index in [2.05, 4.69) is 10.2 Å². The first-order valence-corrected chi connectivity index (χ1v) is 15.1. The highest BCUT2D eigenvalue weighted by Crippen LogP contribution is 2.44. The first-order chi connectivity index (χ1) is 23.3. The lowest BCUT2D eigenvalue weighted by molar-refractivity contribution is -0.138. The number of alkyl halides is 6. The summed E-state index contributed by atoms with van der Waals surface area (Å²) in [4.78, 5) is 11.5. The first kappa shape index (κ1) is 38.0. The molecule has 5 aromatic rings. The number of ether oxygens (including phenoxy) is 3. The van der Waals surface area contributed by atoms with Crippen LogP contribution in [0.5, 0.6) is 23.0 Å². The maximum absolute atomic E-state index is 13.2. The average Bonchev–Trinajstić information content (AvgIpc) is 3.38. The Kier molecular flexibility index (Phi) is 11.4. The third kappa shape index (κ3) is 8.48. The number of hydrogen-bond donors (Lipinski definition) is 2. The standard InChI is InChI=1S/C19H17ClF3N3O3.C15H12ClF3O2/c1-10-6-16(29-9-17-24-25-18(27)26(17)2)13(8-14(10)20)12-7-11(19(21,22)23)4-5-15(12)28-3;1-8-5-13(20)10(7-12(8)16)11-6-9(15(17,18)19)3-4-14(11)21-2/h4-8H,9H2,1-3H3,(H,25,27);3-7,20H,1-2H3. The van der Waals surface area contributed by atoms with E-state index in [1.807, 2.05) is 0 Å². The Morgan fingerprint density at radius 2 is 1.20 bits per heavy atom. The number of halogens is 8. The number of aromatic hydroxyl groups is 1. The van der Waals surface area contributed by atoms with Gasteiger partial charge in [-0.2, -0.15) is 31.4 Å². The molecule has 0 aliphatic rings. The molecule has 0 spiro atoms. The Bertz CT molecular complexity index is 2080. The van der Waals surface area contributed by atoms with E-state index < -0.39 is 29.2 Å². The summed E-state index contributed by atoms with van der Waals surface area (Å²) < 4.78 is 95.6. The van der Waals surface area contributed by atoms with Crippen molar-refractivity contribution in [1.29, 1.82) is 0 Å². The number of nitrogens with zero attached hydrogens (tertiary/aromatic N) is 2. The van der Waals surface area contributed by atoms with Gasteiger partial charge in [-0.05, 0) is 85.6 Å². The van der Waals surface area contributed by atoms with E-state index in [1.54, 1.807) is 19.9 Å². The summed E-state index contributed by atoms with van der Waals surface area (Å²) in [6.07, 6.45) is -9.00. The Morgan fingerprint density at radius 1 is 0.740 bits per heavy atom. The van der Waals surface area contributed by atoms with Crippen LogP contribution >= 0.6 is 23.2 Å². The fourth-order valence-electron chi connectivity index (χ4n) is 4.71. The zero-order valence-corrected chi connectivity index (χ0v) is 28.5. The average molecular weight is 745 g/mol. The van der Waals surface area contributed by atoms with Crippen molar-refractivity contribution in [2.75, 3.05) is 14.2 Å². The second-order valence-corrected chi connectivity index (χ2v) is 11.6. The van der Waals surface area contributed by atoms with Crippen molar-refractivity contribution in [2.24, 2.45) is 7.05 Å². The number of phenolic OH excluding ortho intramolecular Hbond substituents is 1.